The quantitative estimate of drug-likeness (QED) is 0.694. The maximum Gasteiger partial charge on any atom is 0.155 e. The lowest BCUT2D eigenvalue weighted by molar-refractivity contribution is 1.19. The van der Waals surface area contributed by atoms with E-state index in [0.29, 0.717) is 10.8 Å². The Bertz CT molecular complexity index is 403. The van der Waals surface area contributed by atoms with Crippen LogP contribution in [0.4, 0.5) is 0 Å². The summed E-state index contributed by atoms with van der Waals surface area (Å²) in [6.45, 7) is 0. The average molecular weight is 192 g/mol. The Labute approximate surface area is 80.5 Å². The van der Waals surface area contributed by atoms with Crippen molar-refractivity contribution in [3.05, 3.63) is 42.1 Å². The van der Waals surface area contributed by atoms with Crippen molar-refractivity contribution in [2.75, 3.05) is 0 Å². The first kappa shape index (κ1) is 8.13. The molecule has 0 aromatic carbocycles. The highest BCUT2D eigenvalue weighted by molar-refractivity contribution is 6.31. The van der Waals surface area contributed by atoms with Crippen LogP contribution in [-0.4, -0.2) is 15.0 Å². The van der Waals surface area contributed by atoms with E-state index in [9.17, 15) is 0 Å². The van der Waals surface area contributed by atoms with Gasteiger partial charge in [-0.2, -0.15) is 0 Å². The molecule has 13 heavy (non-hydrogen) atoms. The summed E-state index contributed by atoms with van der Waals surface area (Å²) in [6.07, 6.45) is 6.57. The van der Waals surface area contributed by atoms with Crippen LogP contribution in [0.5, 0.6) is 0 Å². The molecule has 2 rings (SSSR count). The predicted octanol–water partition coefficient (Wildman–Crippen LogP) is 2.19. The van der Waals surface area contributed by atoms with Crippen molar-refractivity contribution in [3.63, 3.8) is 0 Å². The molecule has 0 bridgehead atoms. The number of halogens is 1. The Kier molecular flexibility index (Phi) is 2.19. The zero-order chi connectivity index (χ0) is 9.10. The zero-order valence-corrected chi connectivity index (χ0v) is 7.44. The van der Waals surface area contributed by atoms with Gasteiger partial charge in [0.05, 0.1) is 0 Å². The highest BCUT2D eigenvalue weighted by Gasteiger charge is 2.03. The van der Waals surface area contributed by atoms with Crippen LogP contribution in [0, 0.1) is 0 Å². The highest BCUT2D eigenvalue weighted by Crippen LogP contribution is 2.21. The lowest BCUT2D eigenvalue weighted by Crippen LogP contribution is -1.87. The van der Waals surface area contributed by atoms with E-state index in [2.05, 4.69) is 15.0 Å². The lowest BCUT2D eigenvalue weighted by Gasteiger charge is -1.99. The lowest BCUT2D eigenvalue weighted by atomic mass is 10.2. The molecule has 0 aliphatic heterocycles. The summed E-state index contributed by atoms with van der Waals surface area (Å²) < 4.78 is 0. The summed E-state index contributed by atoms with van der Waals surface area (Å²) in [5, 5.41) is 0.399. The van der Waals surface area contributed by atoms with Gasteiger partial charge >= 0.3 is 0 Å². The topological polar surface area (TPSA) is 38.7 Å². The second-order valence-electron chi connectivity index (χ2n) is 2.44. The Morgan fingerprint density at radius 1 is 1.08 bits per heavy atom. The van der Waals surface area contributed by atoms with E-state index in [1.807, 2.05) is 12.1 Å². The van der Waals surface area contributed by atoms with E-state index in [-0.39, 0.29) is 0 Å². The summed E-state index contributed by atoms with van der Waals surface area (Å²) in [7, 11) is 0. The van der Waals surface area contributed by atoms with Gasteiger partial charge in [-0.05, 0) is 12.1 Å². The van der Waals surface area contributed by atoms with Crippen molar-refractivity contribution in [1.82, 2.24) is 15.0 Å². The standard InChI is InChI=1S/C9H6ClN3/c10-9-8(12-4-5-13-9)7-2-1-3-11-6-7/h1-6H. The van der Waals surface area contributed by atoms with Gasteiger partial charge in [0.25, 0.3) is 0 Å². The van der Waals surface area contributed by atoms with Gasteiger partial charge in [0, 0.05) is 30.4 Å². The maximum absolute atomic E-state index is 5.86. The third-order valence-electron chi connectivity index (χ3n) is 1.59. The van der Waals surface area contributed by atoms with Crippen LogP contribution in [0.15, 0.2) is 36.9 Å². The number of hydrogen-bond acceptors (Lipinski definition) is 3. The molecule has 0 aliphatic rings. The fourth-order valence-corrected chi connectivity index (χ4v) is 1.23. The van der Waals surface area contributed by atoms with Crippen LogP contribution in [0.3, 0.4) is 0 Å². The summed E-state index contributed by atoms with van der Waals surface area (Å²) in [4.78, 5) is 12.0. The van der Waals surface area contributed by atoms with Crippen molar-refractivity contribution in [3.8, 4) is 11.3 Å². The Hall–Kier alpha value is -1.48. The van der Waals surface area contributed by atoms with Gasteiger partial charge in [-0.15, -0.1) is 0 Å². The molecule has 0 saturated heterocycles. The molecular formula is C9H6ClN3. The predicted molar refractivity (Wildman–Crippen MR) is 50.3 cm³/mol. The molecule has 0 fully saturated rings. The summed E-state index contributed by atoms with van der Waals surface area (Å²) in [5.74, 6) is 0. The zero-order valence-electron chi connectivity index (χ0n) is 6.68. The SMILES string of the molecule is Clc1nccnc1-c1cccnc1. The van der Waals surface area contributed by atoms with Gasteiger partial charge in [0.15, 0.2) is 5.15 Å². The van der Waals surface area contributed by atoms with E-state index < -0.39 is 0 Å². The van der Waals surface area contributed by atoms with Gasteiger partial charge < -0.3 is 0 Å². The number of nitrogens with zero attached hydrogens (tertiary/aromatic N) is 3. The van der Waals surface area contributed by atoms with Crippen molar-refractivity contribution in [2.45, 2.75) is 0 Å². The molecule has 0 unspecified atom stereocenters. The molecule has 0 amide bonds. The van der Waals surface area contributed by atoms with E-state index in [4.69, 9.17) is 11.6 Å². The molecule has 0 radical (unpaired) electrons. The van der Waals surface area contributed by atoms with E-state index in [1.165, 1.54) is 0 Å². The van der Waals surface area contributed by atoms with Gasteiger partial charge in [0.2, 0.25) is 0 Å². The molecule has 4 heteroatoms. The molecule has 0 atom stereocenters. The third-order valence-corrected chi connectivity index (χ3v) is 1.87. The summed E-state index contributed by atoms with van der Waals surface area (Å²) in [5.41, 5.74) is 1.54. The van der Waals surface area contributed by atoms with Crippen molar-refractivity contribution in [2.24, 2.45) is 0 Å². The normalized spacial score (nSPS) is 9.92. The van der Waals surface area contributed by atoms with Crippen LogP contribution in [-0.2, 0) is 0 Å². The second kappa shape index (κ2) is 3.49. The van der Waals surface area contributed by atoms with Crippen LogP contribution in [0.25, 0.3) is 11.3 Å². The number of hydrogen-bond donors (Lipinski definition) is 0. The summed E-state index contributed by atoms with van der Waals surface area (Å²) in [6, 6.07) is 3.73. The van der Waals surface area contributed by atoms with E-state index in [0.717, 1.165) is 5.56 Å². The first-order chi connectivity index (χ1) is 6.38. The fraction of sp³-hybridized carbons (Fsp3) is 0. The van der Waals surface area contributed by atoms with Crippen molar-refractivity contribution >= 4 is 11.6 Å². The molecule has 0 N–H and O–H groups in total. The Balaban J connectivity index is 2.54. The first-order valence-corrected chi connectivity index (χ1v) is 4.12. The van der Waals surface area contributed by atoms with Gasteiger partial charge in [0.1, 0.15) is 5.69 Å². The molecule has 2 heterocycles. The Morgan fingerprint density at radius 2 is 1.92 bits per heavy atom. The van der Waals surface area contributed by atoms with Crippen LogP contribution >= 0.6 is 11.6 Å². The summed E-state index contributed by atoms with van der Waals surface area (Å²) >= 11 is 5.86. The van der Waals surface area contributed by atoms with Crippen LogP contribution in [0.2, 0.25) is 5.15 Å². The number of rotatable bonds is 1. The number of aromatic nitrogens is 3. The van der Waals surface area contributed by atoms with Gasteiger partial charge in [-0.25, -0.2) is 4.98 Å². The molecule has 2 aromatic heterocycles. The monoisotopic (exact) mass is 191 g/mol. The average Bonchev–Trinajstić information content (AvgIpc) is 2.20. The second-order valence-corrected chi connectivity index (χ2v) is 2.80. The number of pyridine rings is 1. The molecular weight excluding hydrogens is 186 g/mol. The minimum atomic E-state index is 0.399. The fourth-order valence-electron chi connectivity index (χ4n) is 1.02. The minimum absolute atomic E-state index is 0.399. The molecule has 3 nitrogen and oxygen atoms in total. The minimum Gasteiger partial charge on any atom is -0.264 e. The largest absolute Gasteiger partial charge is 0.264 e. The molecule has 64 valence electrons. The molecule has 0 saturated carbocycles. The molecule has 2 aromatic rings. The van der Waals surface area contributed by atoms with Gasteiger partial charge in [-0.1, -0.05) is 11.6 Å². The van der Waals surface area contributed by atoms with Gasteiger partial charge in [-0.3, -0.25) is 9.97 Å². The van der Waals surface area contributed by atoms with Crippen LogP contribution in [0.1, 0.15) is 0 Å². The smallest absolute Gasteiger partial charge is 0.155 e. The van der Waals surface area contributed by atoms with E-state index in [1.54, 1.807) is 24.8 Å². The molecule has 0 spiro atoms. The van der Waals surface area contributed by atoms with Crippen molar-refractivity contribution in [1.29, 1.82) is 0 Å². The maximum atomic E-state index is 5.86. The molecule has 0 aliphatic carbocycles. The van der Waals surface area contributed by atoms with E-state index >= 15 is 0 Å². The van der Waals surface area contributed by atoms with Crippen LogP contribution < -0.4 is 0 Å². The van der Waals surface area contributed by atoms with Crippen molar-refractivity contribution < 1.29 is 0 Å². The highest BCUT2D eigenvalue weighted by atomic mass is 35.5. The Morgan fingerprint density at radius 3 is 2.62 bits per heavy atom. The first-order valence-electron chi connectivity index (χ1n) is 3.75. The third kappa shape index (κ3) is 1.65.